The molecule has 0 aliphatic heterocycles. The largest absolute Gasteiger partial charge is 0.309 e. The molecule has 0 radical (unpaired) electrons. The number of fused-ring (bicyclic) bond motifs is 14. The molecule has 83 heavy (non-hydrogen) atoms. The number of para-hydroxylation sites is 6. The van der Waals surface area contributed by atoms with Crippen LogP contribution in [-0.4, -0.2) is 39.9 Å². The molecule has 0 atom stereocenters. The first-order chi connectivity index (χ1) is 41.2. The normalized spacial score (nSPS) is 11.9. The van der Waals surface area contributed by atoms with Gasteiger partial charge in [0, 0.05) is 77.0 Å². The molecule has 0 bridgehead atoms. The molecule has 7 nitrogen and oxygen atoms in total. The Kier molecular flexibility index (Phi) is 10.6. The van der Waals surface area contributed by atoms with Gasteiger partial charge in [-0.15, -0.1) is 0 Å². The van der Waals surface area contributed by atoms with E-state index in [1.165, 1.54) is 54.1 Å². The van der Waals surface area contributed by atoms with Crippen molar-refractivity contribution < 1.29 is 0 Å². The van der Waals surface area contributed by atoms with Gasteiger partial charge in [-0.1, -0.05) is 217 Å². The Morgan fingerprint density at radius 2 is 0.590 bits per heavy atom. The van der Waals surface area contributed by atoms with Crippen molar-refractivity contribution in [3.8, 4) is 45.5 Å². The molecule has 0 N–H and O–H groups in total. The lowest BCUT2D eigenvalue weighted by Crippen LogP contribution is -2.54. The number of hydrogen-bond donors (Lipinski definition) is 0. The molecule has 0 amide bonds. The summed E-state index contributed by atoms with van der Waals surface area (Å²) in [6, 6.07) is 104. The summed E-state index contributed by atoms with van der Waals surface area (Å²) in [5.74, 6) is 1.18. The Bertz CT molecular complexity index is 5350. The molecule has 0 fully saturated rings. The van der Waals surface area contributed by atoms with Gasteiger partial charge in [-0.05, 0) is 84.9 Å². The van der Waals surface area contributed by atoms with Crippen LogP contribution in [0.3, 0.4) is 0 Å². The van der Waals surface area contributed by atoms with Gasteiger partial charge in [-0.3, -0.25) is 0 Å². The topological polar surface area (TPSA) is 58.4 Å². The van der Waals surface area contributed by atoms with Gasteiger partial charge < -0.3 is 18.3 Å². The van der Waals surface area contributed by atoms with Crippen LogP contribution in [0.1, 0.15) is 0 Å². The van der Waals surface area contributed by atoms with Crippen molar-refractivity contribution in [3.05, 3.63) is 291 Å². The Labute approximate surface area is 477 Å². The second kappa shape index (κ2) is 18.8. The lowest BCUT2D eigenvalue weighted by Gasteiger charge is -2.17. The molecule has 5 heterocycles. The van der Waals surface area contributed by atoms with Gasteiger partial charge in [-0.2, -0.15) is 0 Å². The summed E-state index contributed by atoms with van der Waals surface area (Å²) in [7, 11) is 0. The van der Waals surface area contributed by atoms with E-state index < -0.39 is 0 Å². The average molecular weight is 1060 g/mol. The third-order valence-corrected chi connectivity index (χ3v) is 16.9. The minimum atomic E-state index is -0.285. The first-order valence-corrected chi connectivity index (χ1v) is 28.3. The molecular weight excluding hydrogens is 1010 g/mol. The minimum Gasteiger partial charge on any atom is -0.309 e. The highest BCUT2D eigenvalue weighted by molar-refractivity contribution is 6.94. The molecule has 0 spiro atoms. The number of hydrogen-bond acceptors (Lipinski definition) is 3. The predicted octanol–water partition coefficient (Wildman–Crippen LogP) is 16.1. The van der Waals surface area contributed by atoms with Crippen LogP contribution in [0, 0.1) is 0 Å². The second-order valence-corrected chi connectivity index (χ2v) is 21.5. The van der Waals surface area contributed by atoms with Crippen molar-refractivity contribution in [2.45, 2.75) is 0 Å². The van der Waals surface area contributed by atoms with Crippen LogP contribution < -0.4 is 16.6 Å². The van der Waals surface area contributed by atoms with Crippen LogP contribution in [0.15, 0.2) is 291 Å². The molecule has 5 aromatic heterocycles. The number of aromatic nitrogens is 7. The Hall–Kier alpha value is -11.1. The van der Waals surface area contributed by atoms with E-state index in [0.29, 0.717) is 17.4 Å². The van der Waals surface area contributed by atoms with Gasteiger partial charge in [0.25, 0.3) is 6.71 Å². The molecule has 12 aromatic carbocycles. The molecule has 0 saturated carbocycles. The van der Waals surface area contributed by atoms with Crippen LogP contribution >= 0.6 is 0 Å². The van der Waals surface area contributed by atoms with Crippen molar-refractivity contribution in [2.75, 3.05) is 0 Å². The summed E-state index contributed by atoms with van der Waals surface area (Å²) >= 11 is 0. The van der Waals surface area contributed by atoms with Crippen LogP contribution in [-0.2, 0) is 0 Å². The fourth-order valence-corrected chi connectivity index (χ4v) is 13.4. The van der Waals surface area contributed by atoms with Gasteiger partial charge in [0.15, 0.2) is 11.6 Å². The number of benzene rings is 12. The van der Waals surface area contributed by atoms with Crippen molar-refractivity contribution >= 4 is 111 Å². The van der Waals surface area contributed by atoms with Crippen LogP contribution in [0.5, 0.6) is 0 Å². The van der Waals surface area contributed by atoms with E-state index in [1.807, 2.05) is 0 Å². The van der Waals surface area contributed by atoms with E-state index in [-0.39, 0.29) is 6.71 Å². The maximum atomic E-state index is 5.55. The second-order valence-electron chi connectivity index (χ2n) is 21.5. The first-order valence-electron chi connectivity index (χ1n) is 28.3. The third kappa shape index (κ3) is 7.29. The third-order valence-electron chi connectivity index (χ3n) is 16.9. The quantitative estimate of drug-likeness (QED) is 0.135. The van der Waals surface area contributed by atoms with E-state index in [9.17, 15) is 0 Å². The Morgan fingerprint density at radius 3 is 1.06 bits per heavy atom. The highest BCUT2D eigenvalue weighted by atomic mass is 15.1. The number of rotatable bonds is 9. The number of nitrogens with zero attached hydrogens (tertiary/aromatic N) is 7. The molecule has 8 heteroatoms. The van der Waals surface area contributed by atoms with Crippen molar-refractivity contribution in [1.29, 1.82) is 0 Å². The summed E-state index contributed by atoms with van der Waals surface area (Å²) in [6.45, 7) is -0.285. The lowest BCUT2D eigenvalue weighted by molar-refractivity contribution is 1.09. The van der Waals surface area contributed by atoms with Gasteiger partial charge in [0.2, 0.25) is 0 Å². The molecular formula is C75H48BN7. The van der Waals surface area contributed by atoms with E-state index >= 15 is 0 Å². The summed E-state index contributed by atoms with van der Waals surface area (Å²) in [6.07, 6.45) is 0. The molecule has 17 rings (SSSR count). The molecule has 0 saturated heterocycles. The zero-order chi connectivity index (χ0) is 54.5. The zero-order valence-corrected chi connectivity index (χ0v) is 44.9. The molecule has 0 aliphatic rings. The summed E-state index contributed by atoms with van der Waals surface area (Å²) < 4.78 is 9.68. The van der Waals surface area contributed by atoms with Gasteiger partial charge in [0.05, 0.1) is 44.1 Å². The zero-order valence-electron chi connectivity index (χ0n) is 44.9. The monoisotopic (exact) mass is 1060 g/mol. The van der Waals surface area contributed by atoms with Crippen molar-refractivity contribution in [2.24, 2.45) is 0 Å². The van der Waals surface area contributed by atoms with E-state index in [2.05, 4.69) is 309 Å². The maximum Gasteiger partial charge on any atom is 0.290 e. The fourth-order valence-electron chi connectivity index (χ4n) is 13.4. The van der Waals surface area contributed by atoms with E-state index in [4.69, 9.17) is 15.0 Å². The Morgan fingerprint density at radius 1 is 0.241 bits per heavy atom. The van der Waals surface area contributed by atoms with E-state index in [1.54, 1.807) is 0 Å². The van der Waals surface area contributed by atoms with E-state index in [0.717, 1.165) is 77.9 Å². The standard InChI is InChI=1S/C75H48BN7/c1-5-25-51(26-6-1)76(52-27-7-2-8-28-52)75-78-73(49-23-21-33-55(47-49)81-66-42-20-16-38-62(66)70-68(81)46-45-67-69(70)61-37-15-19-41-65(61)80(67)53-29-9-3-10-30-53)77-74(79-75)50-24-22-34-56(48-50)83-64-40-18-14-36-58(64)60-44-43-59-57-35-13-17-39-63(57)82(71(59)72(60)83)54-31-11-4-12-32-54/h1-48H. The minimum absolute atomic E-state index is 0.285. The molecule has 0 unspecified atom stereocenters. The van der Waals surface area contributed by atoms with Crippen LogP contribution in [0.25, 0.3) is 133 Å². The first kappa shape index (κ1) is 46.8. The van der Waals surface area contributed by atoms with Gasteiger partial charge >= 0.3 is 0 Å². The molecule has 386 valence electrons. The predicted molar refractivity (Wildman–Crippen MR) is 346 cm³/mol. The highest BCUT2D eigenvalue weighted by Gasteiger charge is 2.29. The fraction of sp³-hybridized carbons (Fsp3) is 0. The van der Waals surface area contributed by atoms with Crippen molar-refractivity contribution in [1.82, 2.24) is 33.2 Å². The highest BCUT2D eigenvalue weighted by Crippen LogP contribution is 2.44. The average Bonchev–Trinajstić information content (AvgIpc) is 3.17. The van der Waals surface area contributed by atoms with Crippen LogP contribution in [0.4, 0.5) is 0 Å². The molecule has 17 aromatic rings. The SMILES string of the molecule is c1ccc(B(c2ccccc2)c2nc(-c3cccc(-n4c5ccccc5c5c6c7ccccc7n(-c7ccccc7)c6ccc54)c3)nc(-c3cccc(-n4c5ccccc5c5ccc6c7ccccc7n(-c7ccccc7)c6c54)c3)n2)cc1. The summed E-state index contributed by atoms with van der Waals surface area (Å²) in [4.78, 5) is 16.6. The Balaban J connectivity index is 0.888. The van der Waals surface area contributed by atoms with Gasteiger partial charge in [-0.25, -0.2) is 15.0 Å². The van der Waals surface area contributed by atoms with Crippen molar-refractivity contribution in [3.63, 3.8) is 0 Å². The lowest BCUT2D eigenvalue weighted by atomic mass is 9.40. The molecule has 0 aliphatic carbocycles. The summed E-state index contributed by atoms with van der Waals surface area (Å²) in [5.41, 5.74) is 18.0. The van der Waals surface area contributed by atoms with Crippen LogP contribution in [0.2, 0.25) is 0 Å². The summed E-state index contributed by atoms with van der Waals surface area (Å²) in [5, 5.41) is 9.64. The maximum absolute atomic E-state index is 5.55. The smallest absolute Gasteiger partial charge is 0.290 e. The van der Waals surface area contributed by atoms with Gasteiger partial charge in [0.1, 0.15) is 5.72 Å².